The van der Waals surface area contributed by atoms with Gasteiger partial charge in [0.1, 0.15) is 17.7 Å². The molecule has 0 aliphatic carbocycles. The van der Waals surface area contributed by atoms with E-state index in [2.05, 4.69) is 5.32 Å². The van der Waals surface area contributed by atoms with Crippen LogP contribution in [0.25, 0.3) is 0 Å². The second kappa shape index (κ2) is 7.77. The van der Waals surface area contributed by atoms with E-state index in [-0.39, 0.29) is 17.8 Å². The number of halogens is 1. The monoisotopic (exact) mass is 320 g/mol. The molecular weight excluding hydrogens is 295 g/mol. The van der Waals surface area contributed by atoms with E-state index >= 15 is 0 Å². The van der Waals surface area contributed by atoms with Crippen LogP contribution in [-0.4, -0.2) is 43.1 Å². The molecule has 126 valence electrons. The first-order valence-electron chi connectivity index (χ1n) is 8.61. The fourth-order valence-corrected chi connectivity index (χ4v) is 3.38. The van der Waals surface area contributed by atoms with Crippen molar-refractivity contribution < 1.29 is 13.9 Å². The first-order chi connectivity index (χ1) is 11.2. The Balaban J connectivity index is 1.39. The first-order valence-corrected chi connectivity index (χ1v) is 8.61. The van der Waals surface area contributed by atoms with Crippen molar-refractivity contribution in [1.82, 2.24) is 10.2 Å². The van der Waals surface area contributed by atoms with Crippen molar-refractivity contribution in [3.8, 4) is 5.75 Å². The van der Waals surface area contributed by atoms with Crippen LogP contribution in [0.15, 0.2) is 24.3 Å². The fourth-order valence-electron chi connectivity index (χ4n) is 3.38. The van der Waals surface area contributed by atoms with E-state index in [9.17, 15) is 9.18 Å². The van der Waals surface area contributed by atoms with Crippen LogP contribution in [0.5, 0.6) is 5.75 Å². The van der Waals surface area contributed by atoms with Gasteiger partial charge in [-0.05, 0) is 56.1 Å². The third-order valence-corrected chi connectivity index (χ3v) is 4.84. The summed E-state index contributed by atoms with van der Waals surface area (Å²) < 4.78 is 18.8. The number of rotatable bonds is 5. The summed E-state index contributed by atoms with van der Waals surface area (Å²) in [5, 5.41) is 3.34. The summed E-state index contributed by atoms with van der Waals surface area (Å²) in [4.78, 5) is 14.2. The van der Waals surface area contributed by atoms with Crippen LogP contribution >= 0.6 is 0 Å². The molecule has 1 atom stereocenters. The molecule has 2 saturated heterocycles. The summed E-state index contributed by atoms with van der Waals surface area (Å²) in [7, 11) is 0. The van der Waals surface area contributed by atoms with Gasteiger partial charge >= 0.3 is 0 Å². The Morgan fingerprint density at radius 2 is 1.96 bits per heavy atom. The van der Waals surface area contributed by atoms with Gasteiger partial charge in [0.15, 0.2) is 0 Å². The number of likely N-dealkylation sites (tertiary alicyclic amines) is 1. The first kappa shape index (κ1) is 16.2. The molecule has 2 aliphatic rings. The molecule has 1 N–H and O–H groups in total. The zero-order valence-electron chi connectivity index (χ0n) is 13.5. The number of nitrogens with zero attached hydrogens (tertiary/aromatic N) is 1. The molecule has 2 fully saturated rings. The van der Waals surface area contributed by atoms with Gasteiger partial charge in [-0.1, -0.05) is 0 Å². The van der Waals surface area contributed by atoms with Crippen molar-refractivity contribution in [2.45, 2.75) is 38.2 Å². The molecule has 4 nitrogen and oxygen atoms in total. The third kappa shape index (κ3) is 4.67. The molecule has 5 heteroatoms. The zero-order chi connectivity index (χ0) is 16.1. The minimum absolute atomic E-state index is 0.114. The highest BCUT2D eigenvalue weighted by atomic mass is 19.1. The van der Waals surface area contributed by atoms with Gasteiger partial charge in [-0.15, -0.1) is 0 Å². The zero-order valence-corrected chi connectivity index (χ0v) is 13.5. The average molecular weight is 320 g/mol. The summed E-state index contributed by atoms with van der Waals surface area (Å²) in [6.07, 6.45) is 4.65. The van der Waals surface area contributed by atoms with Crippen LogP contribution in [0.2, 0.25) is 0 Å². The van der Waals surface area contributed by atoms with Gasteiger partial charge in [0, 0.05) is 32.4 Å². The molecule has 2 aliphatic heterocycles. The van der Waals surface area contributed by atoms with Crippen LogP contribution in [0.1, 0.15) is 32.1 Å². The number of piperidine rings is 1. The molecule has 2 heterocycles. The summed E-state index contributed by atoms with van der Waals surface area (Å²) in [5.74, 6) is 1.38. The number of carbonyl (C=O) groups excluding carboxylic acids is 1. The van der Waals surface area contributed by atoms with Crippen LogP contribution in [0.3, 0.4) is 0 Å². The second-order valence-corrected chi connectivity index (χ2v) is 6.55. The maximum atomic E-state index is 12.9. The fraction of sp³-hybridized carbons (Fsp3) is 0.611. The van der Waals surface area contributed by atoms with Crippen molar-refractivity contribution in [3.63, 3.8) is 0 Å². The summed E-state index contributed by atoms with van der Waals surface area (Å²) in [5.41, 5.74) is 0. The smallest absolute Gasteiger partial charge is 0.222 e. The highest BCUT2D eigenvalue weighted by molar-refractivity contribution is 5.76. The Kier molecular flexibility index (Phi) is 5.49. The van der Waals surface area contributed by atoms with Gasteiger partial charge in [0.2, 0.25) is 5.91 Å². The molecule has 1 unspecified atom stereocenters. The highest BCUT2D eigenvalue weighted by Gasteiger charge is 2.24. The molecule has 0 radical (unpaired) electrons. The lowest BCUT2D eigenvalue weighted by Gasteiger charge is -2.32. The summed E-state index contributed by atoms with van der Waals surface area (Å²) in [6, 6.07) is 6.13. The number of amides is 1. The number of carbonyl (C=O) groups is 1. The second-order valence-electron chi connectivity index (χ2n) is 6.55. The van der Waals surface area contributed by atoms with Crippen LogP contribution in [0.4, 0.5) is 4.39 Å². The predicted octanol–water partition coefficient (Wildman–Crippen LogP) is 2.59. The van der Waals surface area contributed by atoms with Crippen LogP contribution < -0.4 is 10.1 Å². The molecular formula is C18H25FN2O2. The Labute approximate surface area is 137 Å². The maximum Gasteiger partial charge on any atom is 0.222 e. The minimum atomic E-state index is -0.254. The lowest BCUT2D eigenvalue weighted by atomic mass is 10.0. The quantitative estimate of drug-likeness (QED) is 0.907. The average Bonchev–Trinajstić information content (AvgIpc) is 3.09. The number of hydrogen-bond donors (Lipinski definition) is 1. The van der Waals surface area contributed by atoms with Gasteiger partial charge in [0.25, 0.3) is 0 Å². The molecule has 0 saturated carbocycles. The molecule has 3 rings (SSSR count). The molecule has 1 amide bonds. The van der Waals surface area contributed by atoms with E-state index in [1.165, 1.54) is 18.6 Å². The van der Waals surface area contributed by atoms with Gasteiger partial charge in [0.05, 0.1) is 0 Å². The Hall–Kier alpha value is -1.62. The Morgan fingerprint density at radius 3 is 2.61 bits per heavy atom. The topological polar surface area (TPSA) is 41.6 Å². The van der Waals surface area contributed by atoms with Gasteiger partial charge in [-0.3, -0.25) is 4.79 Å². The number of nitrogens with one attached hydrogen (secondary N) is 1. The SMILES string of the molecule is O=C(CCC1CCNC1)N1CCC(Oc2ccc(F)cc2)CC1. The number of hydrogen-bond acceptors (Lipinski definition) is 3. The van der Waals surface area contributed by atoms with Crippen molar-refractivity contribution in [1.29, 1.82) is 0 Å². The van der Waals surface area contributed by atoms with Gasteiger partial charge < -0.3 is 15.0 Å². The Bertz CT molecular complexity index is 506. The van der Waals surface area contributed by atoms with Crippen molar-refractivity contribution >= 4 is 5.91 Å². The predicted molar refractivity (Wildman–Crippen MR) is 86.8 cm³/mol. The largest absolute Gasteiger partial charge is 0.490 e. The molecule has 1 aromatic carbocycles. The maximum absolute atomic E-state index is 12.9. The molecule has 23 heavy (non-hydrogen) atoms. The standard InChI is InChI=1S/C18H25FN2O2/c19-15-2-4-16(5-3-15)23-17-8-11-21(12-9-17)18(22)6-1-14-7-10-20-13-14/h2-5,14,17,20H,1,6-13H2. The van der Waals surface area contributed by atoms with Crippen molar-refractivity contribution in [2.24, 2.45) is 5.92 Å². The van der Waals surface area contributed by atoms with Crippen molar-refractivity contribution in [2.75, 3.05) is 26.2 Å². The van der Waals surface area contributed by atoms with E-state index < -0.39 is 0 Å². The van der Waals surface area contributed by atoms with E-state index in [1.807, 2.05) is 4.90 Å². The number of ether oxygens (including phenoxy) is 1. The molecule has 0 aromatic heterocycles. The van der Waals surface area contributed by atoms with Crippen LogP contribution in [-0.2, 0) is 4.79 Å². The molecule has 1 aromatic rings. The van der Waals surface area contributed by atoms with Crippen LogP contribution in [0, 0.1) is 11.7 Å². The third-order valence-electron chi connectivity index (χ3n) is 4.84. The van der Waals surface area contributed by atoms with E-state index in [0.717, 1.165) is 45.4 Å². The van der Waals surface area contributed by atoms with Gasteiger partial charge in [-0.25, -0.2) is 4.39 Å². The van der Waals surface area contributed by atoms with Crippen molar-refractivity contribution in [3.05, 3.63) is 30.1 Å². The molecule has 0 spiro atoms. The van der Waals surface area contributed by atoms with Gasteiger partial charge in [-0.2, -0.15) is 0 Å². The van der Waals surface area contributed by atoms with E-state index in [1.54, 1.807) is 12.1 Å². The minimum Gasteiger partial charge on any atom is -0.490 e. The van der Waals surface area contributed by atoms with E-state index in [4.69, 9.17) is 4.74 Å². The normalized spacial score (nSPS) is 22.3. The number of benzene rings is 1. The van der Waals surface area contributed by atoms with E-state index in [0.29, 0.717) is 18.1 Å². The molecule has 0 bridgehead atoms. The lowest BCUT2D eigenvalue weighted by Crippen LogP contribution is -2.41. The highest BCUT2D eigenvalue weighted by Crippen LogP contribution is 2.21. The Morgan fingerprint density at radius 1 is 1.22 bits per heavy atom. The summed E-state index contributed by atoms with van der Waals surface area (Å²) in [6.45, 7) is 3.66. The summed E-state index contributed by atoms with van der Waals surface area (Å²) >= 11 is 0. The lowest BCUT2D eigenvalue weighted by molar-refractivity contribution is -0.133.